The lowest BCUT2D eigenvalue weighted by molar-refractivity contribution is -0.139. The number of carbonyl (C=O) groups excluding carboxylic acids is 2. The minimum atomic E-state index is -1.16. The molecule has 5 rings (SSSR count). The molecule has 1 aliphatic rings. The molecule has 2 heterocycles. The van der Waals surface area contributed by atoms with Crippen molar-refractivity contribution in [3.05, 3.63) is 104 Å². The average molecular weight is 565 g/mol. The first-order chi connectivity index (χ1) is 18.7. The number of aliphatic carboxylic acids is 1. The summed E-state index contributed by atoms with van der Waals surface area (Å²) < 4.78 is 5.42. The average Bonchev–Trinajstić information content (AvgIpc) is 3.40. The number of hydrogen-bond acceptors (Lipinski definition) is 4. The first-order valence-electron chi connectivity index (χ1n) is 12.6. The van der Waals surface area contributed by atoms with E-state index in [1.165, 1.54) is 0 Å². The summed E-state index contributed by atoms with van der Waals surface area (Å²) in [5, 5.41) is 13.6. The Morgan fingerprint density at radius 2 is 1.87 bits per heavy atom. The van der Waals surface area contributed by atoms with E-state index in [4.69, 9.17) is 27.6 Å². The lowest BCUT2D eigenvalue weighted by Crippen LogP contribution is -2.42. The van der Waals surface area contributed by atoms with Gasteiger partial charge in [0, 0.05) is 30.5 Å². The monoisotopic (exact) mass is 564 g/mol. The zero-order valence-corrected chi connectivity index (χ0v) is 22.7. The van der Waals surface area contributed by atoms with Gasteiger partial charge in [0.05, 0.1) is 21.9 Å². The molecule has 0 saturated heterocycles. The van der Waals surface area contributed by atoms with E-state index in [0.717, 1.165) is 34.1 Å². The Morgan fingerprint density at radius 1 is 1.08 bits per heavy atom. The number of amides is 2. The molecule has 200 valence electrons. The zero-order valence-electron chi connectivity index (χ0n) is 21.2. The highest BCUT2D eigenvalue weighted by atomic mass is 35.5. The van der Waals surface area contributed by atoms with Crippen molar-refractivity contribution >= 4 is 52.0 Å². The number of rotatable bonds is 7. The Kier molecular flexibility index (Phi) is 7.64. The van der Waals surface area contributed by atoms with Crippen molar-refractivity contribution in [3.63, 3.8) is 0 Å². The predicted molar refractivity (Wildman–Crippen MR) is 150 cm³/mol. The smallest absolute Gasteiger partial charge is 0.326 e. The summed E-state index contributed by atoms with van der Waals surface area (Å²) >= 11 is 13.2. The van der Waals surface area contributed by atoms with E-state index in [-0.39, 0.29) is 34.5 Å². The molecule has 2 N–H and O–H groups in total. The van der Waals surface area contributed by atoms with Crippen LogP contribution in [0.25, 0.3) is 11.0 Å². The number of aryl methyl sites for hydroxylation is 1. The van der Waals surface area contributed by atoms with E-state index < -0.39 is 17.9 Å². The third kappa shape index (κ3) is 5.51. The van der Waals surface area contributed by atoms with Gasteiger partial charge < -0.3 is 19.7 Å². The molecular formula is C30H26Cl2N2O5. The van der Waals surface area contributed by atoms with Crippen LogP contribution in [0.1, 0.15) is 49.9 Å². The van der Waals surface area contributed by atoms with Gasteiger partial charge in [-0.25, -0.2) is 4.79 Å². The third-order valence-corrected chi connectivity index (χ3v) is 7.78. The molecule has 3 aromatic carbocycles. The van der Waals surface area contributed by atoms with Crippen molar-refractivity contribution in [2.24, 2.45) is 0 Å². The summed E-state index contributed by atoms with van der Waals surface area (Å²) in [5.74, 6) is -1.96. The molecule has 0 spiro atoms. The quantitative estimate of drug-likeness (QED) is 0.290. The second-order valence-corrected chi connectivity index (χ2v) is 10.4. The van der Waals surface area contributed by atoms with Crippen molar-refractivity contribution in [2.45, 2.75) is 38.8 Å². The van der Waals surface area contributed by atoms with Crippen molar-refractivity contribution in [2.75, 3.05) is 6.54 Å². The van der Waals surface area contributed by atoms with Crippen molar-refractivity contribution < 1.29 is 23.9 Å². The second-order valence-electron chi connectivity index (χ2n) is 9.58. The van der Waals surface area contributed by atoms with E-state index in [2.05, 4.69) is 5.32 Å². The van der Waals surface area contributed by atoms with Crippen LogP contribution in [0.2, 0.25) is 10.0 Å². The van der Waals surface area contributed by atoms with Gasteiger partial charge in [-0.1, -0.05) is 60.5 Å². The molecule has 0 radical (unpaired) electrons. The summed E-state index contributed by atoms with van der Waals surface area (Å²) in [6.07, 6.45) is 2.94. The van der Waals surface area contributed by atoms with Crippen molar-refractivity contribution in [1.82, 2.24) is 10.2 Å². The molecule has 7 nitrogen and oxygen atoms in total. The van der Waals surface area contributed by atoms with Gasteiger partial charge in [-0.15, -0.1) is 0 Å². The highest BCUT2D eigenvalue weighted by molar-refractivity contribution is 6.40. The maximum atomic E-state index is 13.2. The van der Waals surface area contributed by atoms with Gasteiger partial charge in [-0.05, 0) is 59.4 Å². The van der Waals surface area contributed by atoms with E-state index in [0.29, 0.717) is 24.1 Å². The van der Waals surface area contributed by atoms with Crippen LogP contribution in [0, 0.1) is 0 Å². The van der Waals surface area contributed by atoms with Gasteiger partial charge in [-0.2, -0.15) is 0 Å². The molecule has 2 amide bonds. The van der Waals surface area contributed by atoms with E-state index in [1.807, 2.05) is 43.3 Å². The van der Waals surface area contributed by atoms with Crippen LogP contribution in [0.5, 0.6) is 0 Å². The number of benzene rings is 3. The van der Waals surface area contributed by atoms with Crippen LogP contribution < -0.4 is 5.32 Å². The maximum absolute atomic E-state index is 13.2. The highest BCUT2D eigenvalue weighted by Crippen LogP contribution is 2.35. The number of carboxylic acids is 1. The van der Waals surface area contributed by atoms with Gasteiger partial charge in [0.15, 0.2) is 0 Å². The van der Waals surface area contributed by atoms with Crippen LogP contribution in [0.15, 0.2) is 65.3 Å². The van der Waals surface area contributed by atoms with Crippen LogP contribution in [-0.4, -0.2) is 40.4 Å². The Balaban J connectivity index is 1.34. The van der Waals surface area contributed by atoms with Gasteiger partial charge >= 0.3 is 5.97 Å². The molecule has 39 heavy (non-hydrogen) atoms. The van der Waals surface area contributed by atoms with E-state index in [1.54, 1.807) is 29.4 Å². The molecule has 9 heteroatoms. The number of nitrogens with zero attached hydrogens (tertiary/aromatic N) is 1. The molecule has 4 aromatic rings. The lowest BCUT2D eigenvalue weighted by atomic mass is 9.95. The maximum Gasteiger partial charge on any atom is 0.326 e. The van der Waals surface area contributed by atoms with E-state index in [9.17, 15) is 19.5 Å². The highest BCUT2D eigenvalue weighted by Gasteiger charge is 2.30. The fraction of sp³-hybridized carbons (Fsp3) is 0.233. The Bertz CT molecular complexity index is 1600. The van der Waals surface area contributed by atoms with Crippen molar-refractivity contribution in [1.29, 1.82) is 0 Å². The minimum Gasteiger partial charge on any atom is -0.480 e. The fourth-order valence-electron chi connectivity index (χ4n) is 4.95. The summed E-state index contributed by atoms with van der Waals surface area (Å²) in [6.45, 7) is 2.69. The first-order valence-corrected chi connectivity index (χ1v) is 13.4. The molecule has 1 aliphatic heterocycles. The lowest BCUT2D eigenvalue weighted by Gasteiger charge is -2.30. The summed E-state index contributed by atoms with van der Waals surface area (Å²) in [7, 11) is 0. The SMILES string of the molecule is CCc1cccc(C[C@H](NC(=O)c2c(Cl)cc3c(c2Cl)CCN(C(=O)c2ccc4ccoc4c2)C3)C(=O)O)c1. The summed E-state index contributed by atoms with van der Waals surface area (Å²) in [4.78, 5) is 40.1. The predicted octanol–water partition coefficient (Wildman–Crippen LogP) is 5.93. The minimum absolute atomic E-state index is 0.0358. The molecule has 0 saturated carbocycles. The number of furan rings is 1. The van der Waals surface area contributed by atoms with Crippen LogP contribution in [-0.2, 0) is 30.6 Å². The number of carboxylic acid groups (broad SMARTS) is 1. The third-order valence-electron chi connectivity index (χ3n) is 7.07. The number of nitrogens with one attached hydrogen (secondary N) is 1. The van der Waals surface area contributed by atoms with Gasteiger partial charge in [0.25, 0.3) is 11.8 Å². The molecule has 0 fully saturated rings. The second kappa shape index (κ2) is 11.1. The zero-order chi connectivity index (χ0) is 27.7. The van der Waals surface area contributed by atoms with Gasteiger partial charge in [0.1, 0.15) is 11.6 Å². The number of carbonyl (C=O) groups is 3. The van der Waals surface area contributed by atoms with Crippen LogP contribution in [0.3, 0.4) is 0 Å². The fourth-order valence-corrected chi connectivity index (χ4v) is 5.71. The topological polar surface area (TPSA) is 99.9 Å². The van der Waals surface area contributed by atoms with Gasteiger partial charge in [0.2, 0.25) is 0 Å². The molecule has 1 atom stereocenters. The number of halogens is 2. The largest absolute Gasteiger partial charge is 0.480 e. The first kappa shape index (κ1) is 26.8. The number of hydrogen-bond donors (Lipinski definition) is 2. The molecule has 0 bridgehead atoms. The Hall–Kier alpha value is -3.81. The molecule has 0 unspecified atom stereocenters. The van der Waals surface area contributed by atoms with Crippen molar-refractivity contribution in [3.8, 4) is 0 Å². The number of fused-ring (bicyclic) bond motifs is 2. The summed E-state index contributed by atoms with van der Waals surface area (Å²) in [5.41, 5.74) is 4.54. The van der Waals surface area contributed by atoms with Gasteiger partial charge in [-0.3, -0.25) is 9.59 Å². The normalized spacial score (nSPS) is 13.7. The molecular weight excluding hydrogens is 539 g/mol. The van der Waals surface area contributed by atoms with E-state index >= 15 is 0 Å². The van der Waals surface area contributed by atoms with Crippen LogP contribution >= 0.6 is 23.2 Å². The Labute approximate surface area is 235 Å². The summed E-state index contributed by atoms with van der Waals surface area (Å²) in [6, 6.07) is 15.2. The molecule has 0 aliphatic carbocycles. The molecule has 1 aromatic heterocycles. The Morgan fingerprint density at radius 3 is 2.64 bits per heavy atom. The van der Waals surface area contributed by atoms with Crippen LogP contribution in [0.4, 0.5) is 0 Å². The standard InChI is InChI=1S/C30H26Cl2N2O5/c1-2-17-4-3-5-18(12-17)13-24(30(37)38)33-28(35)26-23(31)14-21-16-34(10-8-22(21)27(26)32)29(36)20-7-6-19-9-11-39-25(19)15-20/h3-7,9,11-12,14-15,24H,2,8,10,13,16H2,1H3,(H,33,35)(H,37,38)/t24-/m0/s1.